The minimum atomic E-state index is -0.420. The van der Waals surface area contributed by atoms with Gasteiger partial charge in [0.2, 0.25) is 0 Å². The van der Waals surface area contributed by atoms with Gasteiger partial charge in [-0.3, -0.25) is 0 Å². The average Bonchev–Trinajstić information content (AvgIpc) is 1.86. The van der Waals surface area contributed by atoms with Crippen molar-refractivity contribution >= 4 is 0 Å². The molecule has 10 heavy (non-hydrogen) atoms. The zero-order chi connectivity index (χ0) is 8.20. The number of hydrogen-bond acceptors (Lipinski definition) is 3. The molecule has 0 unspecified atom stereocenters. The van der Waals surface area contributed by atoms with Crippen LogP contribution < -0.4 is 0 Å². The van der Waals surface area contributed by atoms with Gasteiger partial charge in [0.1, 0.15) is 5.60 Å². The van der Waals surface area contributed by atoms with Crippen molar-refractivity contribution in [1.82, 2.24) is 0 Å². The molecule has 3 nitrogen and oxygen atoms in total. The summed E-state index contributed by atoms with van der Waals surface area (Å²) in [5.74, 6) is 0.352. The highest BCUT2D eigenvalue weighted by Crippen LogP contribution is 2.23. The van der Waals surface area contributed by atoms with E-state index in [-0.39, 0.29) is 0 Å². The van der Waals surface area contributed by atoms with Gasteiger partial charge in [-0.1, -0.05) is 13.8 Å². The Morgan fingerprint density at radius 3 is 2.40 bits per heavy atom. The minimum Gasteiger partial charge on any atom is -0.358 e. The van der Waals surface area contributed by atoms with Gasteiger partial charge in [-0.15, -0.1) is 4.91 Å². The van der Waals surface area contributed by atoms with Gasteiger partial charge in [0.15, 0.2) is 5.34 Å². The first-order valence-corrected chi connectivity index (χ1v) is 3.55. The third-order valence-corrected chi connectivity index (χ3v) is 2.07. The Morgan fingerprint density at radius 1 is 1.60 bits per heavy atom. The van der Waals surface area contributed by atoms with Crippen LogP contribution >= 0.6 is 0 Å². The number of rotatable bonds is 4. The van der Waals surface area contributed by atoms with Crippen LogP contribution in [-0.2, 0) is 4.84 Å². The Bertz CT molecular complexity index is 112. The monoisotopic (exact) mass is 145 g/mol. The highest BCUT2D eigenvalue weighted by atomic mass is 16.7. The van der Waals surface area contributed by atoms with E-state index in [1.165, 1.54) is 0 Å². The van der Waals surface area contributed by atoms with E-state index >= 15 is 0 Å². The molecule has 0 radical (unpaired) electrons. The first kappa shape index (κ1) is 9.40. The van der Waals surface area contributed by atoms with Crippen molar-refractivity contribution in [3.8, 4) is 0 Å². The molecule has 0 fully saturated rings. The van der Waals surface area contributed by atoms with Crippen molar-refractivity contribution in [2.24, 2.45) is 11.3 Å². The van der Waals surface area contributed by atoms with Gasteiger partial charge in [-0.25, -0.2) is 0 Å². The van der Waals surface area contributed by atoms with E-state index in [1.807, 2.05) is 20.8 Å². The molecule has 0 rings (SSSR count). The summed E-state index contributed by atoms with van der Waals surface area (Å²) in [6, 6.07) is 0. The molecule has 0 saturated carbocycles. The van der Waals surface area contributed by atoms with Crippen LogP contribution in [0.3, 0.4) is 0 Å². The van der Waals surface area contributed by atoms with Crippen molar-refractivity contribution in [3.63, 3.8) is 0 Å². The fraction of sp³-hybridized carbons (Fsp3) is 1.00. The Hall–Kier alpha value is -0.600. The molecule has 0 aliphatic rings. The molecular formula is C7H15NO2. The molecule has 0 aromatic carbocycles. The van der Waals surface area contributed by atoms with Crippen LogP contribution in [-0.4, -0.2) is 5.60 Å². The summed E-state index contributed by atoms with van der Waals surface area (Å²) in [5.41, 5.74) is -0.420. The second-order valence-electron chi connectivity index (χ2n) is 3.08. The van der Waals surface area contributed by atoms with Gasteiger partial charge in [-0.2, -0.15) is 0 Å². The molecule has 60 valence electrons. The zero-order valence-electron chi connectivity index (χ0n) is 7.05. The van der Waals surface area contributed by atoms with Gasteiger partial charge >= 0.3 is 0 Å². The lowest BCUT2D eigenvalue weighted by Gasteiger charge is -2.26. The van der Waals surface area contributed by atoms with Gasteiger partial charge < -0.3 is 4.84 Å². The molecule has 0 bridgehead atoms. The topological polar surface area (TPSA) is 38.7 Å². The SMILES string of the molecule is CC[C@H](C)C(C)(C)ON=O. The third kappa shape index (κ3) is 2.33. The van der Waals surface area contributed by atoms with Crippen LogP contribution in [0, 0.1) is 10.8 Å². The normalized spacial score (nSPS) is 14.4. The van der Waals surface area contributed by atoms with Crippen LogP contribution in [0.1, 0.15) is 34.1 Å². The molecule has 1 atom stereocenters. The van der Waals surface area contributed by atoms with Crippen molar-refractivity contribution in [2.75, 3.05) is 0 Å². The number of hydrogen-bond donors (Lipinski definition) is 0. The lowest BCUT2D eigenvalue weighted by Crippen LogP contribution is -2.30. The van der Waals surface area contributed by atoms with Crippen LogP contribution in [0.2, 0.25) is 0 Å². The molecule has 0 spiro atoms. The highest BCUT2D eigenvalue weighted by Gasteiger charge is 2.27. The molecule has 0 N–H and O–H groups in total. The molecule has 0 saturated heterocycles. The summed E-state index contributed by atoms with van der Waals surface area (Å²) in [5, 5.41) is 2.43. The first-order valence-electron chi connectivity index (χ1n) is 3.55. The summed E-state index contributed by atoms with van der Waals surface area (Å²) >= 11 is 0. The van der Waals surface area contributed by atoms with Crippen molar-refractivity contribution < 1.29 is 4.84 Å². The zero-order valence-corrected chi connectivity index (χ0v) is 7.05. The van der Waals surface area contributed by atoms with Crippen molar-refractivity contribution in [3.05, 3.63) is 4.91 Å². The molecule has 0 aliphatic carbocycles. The molecule has 0 aromatic rings. The van der Waals surface area contributed by atoms with Crippen LogP contribution in [0.25, 0.3) is 0 Å². The predicted molar refractivity (Wildman–Crippen MR) is 40.4 cm³/mol. The van der Waals surface area contributed by atoms with E-state index < -0.39 is 5.60 Å². The van der Waals surface area contributed by atoms with E-state index in [0.29, 0.717) is 5.92 Å². The van der Waals surface area contributed by atoms with Crippen LogP contribution in [0.5, 0.6) is 0 Å². The van der Waals surface area contributed by atoms with E-state index in [1.54, 1.807) is 0 Å². The second kappa shape index (κ2) is 3.54. The quantitative estimate of drug-likeness (QED) is 0.450. The summed E-state index contributed by atoms with van der Waals surface area (Å²) < 4.78 is 0. The van der Waals surface area contributed by atoms with Gasteiger partial charge in [0, 0.05) is 0 Å². The Labute approximate surface area is 61.7 Å². The summed E-state index contributed by atoms with van der Waals surface area (Å²) in [7, 11) is 0. The van der Waals surface area contributed by atoms with E-state index in [0.717, 1.165) is 6.42 Å². The predicted octanol–water partition coefficient (Wildman–Crippen LogP) is 2.51. The van der Waals surface area contributed by atoms with Crippen molar-refractivity contribution in [2.45, 2.75) is 39.7 Å². The lowest BCUT2D eigenvalue weighted by molar-refractivity contribution is -0.0566. The fourth-order valence-corrected chi connectivity index (χ4v) is 0.678. The molecule has 0 aromatic heterocycles. The highest BCUT2D eigenvalue weighted by molar-refractivity contribution is 4.73. The maximum absolute atomic E-state index is 9.77. The maximum atomic E-state index is 9.77. The summed E-state index contributed by atoms with van der Waals surface area (Å²) in [4.78, 5) is 14.4. The lowest BCUT2D eigenvalue weighted by atomic mass is 9.91. The average molecular weight is 145 g/mol. The summed E-state index contributed by atoms with van der Waals surface area (Å²) in [6.45, 7) is 7.82. The maximum Gasteiger partial charge on any atom is 0.155 e. The molecule has 3 heteroatoms. The van der Waals surface area contributed by atoms with Gasteiger partial charge in [0.05, 0.1) is 0 Å². The van der Waals surface area contributed by atoms with Crippen LogP contribution in [0.4, 0.5) is 0 Å². The number of nitrogens with zero attached hydrogens (tertiary/aromatic N) is 1. The molecule has 0 heterocycles. The van der Waals surface area contributed by atoms with Crippen LogP contribution in [0.15, 0.2) is 5.34 Å². The minimum absolute atomic E-state index is 0.352. The standard InChI is InChI=1S/C7H15NO2/c1-5-6(2)7(3,4)10-8-9/h6H,5H2,1-4H3/t6-/m0/s1. The molecular weight excluding hydrogens is 130 g/mol. The fourth-order valence-electron chi connectivity index (χ4n) is 0.678. The van der Waals surface area contributed by atoms with Gasteiger partial charge in [0.25, 0.3) is 0 Å². The smallest absolute Gasteiger partial charge is 0.155 e. The van der Waals surface area contributed by atoms with E-state index in [9.17, 15) is 4.91 Å². The Balaban J connectivity index is 3.94. The first-order chi connectivity index (χ1) is 4.54. The summed E-state index contributed by atoms with van der Waals surface area (Å²) in [6.07, 6.45) is 0.989. The third-order valence-electron chi connectivity index (χ3n) is 2.07. The second-order valence-corrected chi connectivity index (χ2v) is 3.08. The largest absolute Gasteiger partial charge is 0.358 e. The van der Waals surface area contributed by atoms with E-state index in [4.69, 9.17) is 0 Å². The van der Waals surface area contributed by atoms with Crippen molar-refractivity contribution in [1.29, 1.82) is 0 Å². The Morgan fingerprint density at radius 2 is 2.10 bits per heavy atom. The van der Waals surface area contributed by atoms with Gasteiger partial charge in [-0.05, 0) is 26.2 Å². The Kier molecular flexibility index (Phi) is 3.33. The molecule has 0 aliphatic heterocycles. The molecule has 0 amide bonds. The van der Waals surface area contributed by atoms with E-state index in [2.05, 4.69) is 17.1 Å².